The molecule has 0 aromatic carbocycles. The molecule has 14 heavy (non-hydrogen) atoms. The van der Waals surface area contributed by atoms with Crippen molar-refractivity contribution in [3.05, 3.63) is 5.89 Å². The first-order valence-electron chi connectivity index (χ1n) is 5.11. The average Bonchev–Trinajstić information content (AvgIpc) is 2.68. The number of nitrogens with two attached hydrogens (primary N) is 1. The van der Waals surface area contributed by atoms with E-state index in [2.05, 4.69) is 15.0 Å². The Kier molecular flexibility index (Phi) is 2.67. The number of nitrogens with zero attached hydrogens (tertiary/aromatic N) is 3. The molecule has 0 spiro atoms. The molecule has 1 aliphatic rings. The lowest BCUT2D eigenvalue weighted by Crippen LogP contribution is -2.30. The summed E-state index contributed by atoms with van der Waals surface area (Å²) >= 11 is 0. The largest absolute Gasteiger partial charge is 0.338 e. The number of hydrogen-bond donors (Lipinski definition) is 1. The highest BCUT2D eigenvalue weighted by molar-refractivity contribution is 5.28. The number of rotatable bonds is 2. The Bertz CT molecular complexity index is 291. The van der Waals surface area contributed by atoms with Gasteiger partial charge in [-0.05, 0) is 31.3 Å². The van der Waals surface area contributed by atoms with Crippen LogP contribution in [-0.4, -0.2) is 23.2 Å². The third-order valence-corrected chi connectivity index (χ3v) is 2.46. The fraction of sp³-hybridized carbons (Fsp3) is 0.778. The van der Waals surface area contributed by atoms with Gasteiger partial charge in [0.15, 0.2) is 0 Å². The molecule has 0 radical (unpaired) electrons. The summed E-state index contributed by atoms with van der Waals surface area (Å²) in [5.74, 6) is 1.21. The Morgan fingerprint density at radius 3 is 2.64 bits per heavy atom. The van der Waals surface area contributed by atoms with Crippen molar-refractivity contribution in [3.8, 4) is 0 Å². The highest BCUT2D eigenvalue weighted by Gasteiger charge is 2.17. The highest BCUT2D eigenvalue weighted by atomic mass is 16.5. The molecule has 0 saturated carbocycles. The van der Waals surface area contributed by atoms with Gasteiger partial charge in [-0.3, -0.25) is 0 Å². The molecule has 0 amide bonds. The predicted octanol–water partition coefficient (Wildman–Crippen LogP) is 1.08. The van der Waals surface area contributed by atoms with Crippen molar-refractivity contribution >= 4 is 5.95 Å². The molecule has 2 N–H and O–H groups in total. The van der Waals surface area contributed by atoms with Gasteiger partial charge >= 0.3 is 0 Å². The molecule has 2 heterocycles. The van der Waals surface area contributed by atoms with Crippen molar-refractivity contribution in [2.75, 3.05) is 18.0 Å². The summed E-state index contributed by atoms with van der Waals surface area (Å²) in [6.45, 7) is 3.89. The summed E-state index contributed by atoms with van der Waals surface area (Å²) in [5, 5.41) is 3.92. The molecule has 0 bridgehead atoms. The molecule has 5 heteroatoms. The van der Waals surface area contributed by atoms with Crippen molar-refractivity contribution in [3.63, 3.8) is 0 Å². The Morgan fingerprint density at radius 1 is 1.36 bits per heavy atom. The molecule has 1 aliphatic heterocycles. The molecule has 1 atom stereocenters. The molecule has 1 aromatic heterocycles. The standard InChI is InChI=1S/C9H16N4O/c1-7(10)8-11-9(12-14-8)13-5-3-2-4-6-13/h7H,2-6,10H2,1H3. The molecule has 78 valence electrons. The first-order valence-corrected chi connectivity index (χ1v) is 5.11. The SMILES string of the molecule is CC(N)c1nc(N2CCCCC2)no1. The minimum atomic E-state index is -0.180. The van der Waals surface area contributed by atoms with Gasteiger partial charge in [-0.15, -0.1) is 0 Å². The van der Waals surface area contributed by atoms with E-state index in [1.54, 1.807) is 0 Å². The van der Waals surface area contributed by atoms with Crippen LogP contribution < -0.4 is 10.6 Å². The van der Waals surface area contributed by atoms with Gasteiger partial charge in [0.2, 0.25) is 5.89 Å². The minimum Gasteiger partial charge on any atom is -0.338 e. The van der Waals surface area contributed by atoms with Crippen LogP contribution >= 0.6 is 0 Å². The van der Waals surface area contributed by atoms with Crippen LogP contribution in [0.1, 0.15) is 38.1 Å². The number of aromatic nitrogens is 2. The third kappa shape index (κ3) is 1.87. The van der Waals surface area contributed by atoms with Gasteiger partial charge in [0.1, 0.15) is 0 Å². The van der Waals surface area contributed by atoms with Gasteiger partial charge in [-0.2, -0.15) is 4.98 Å². The number of hydrogen-bond acceptors (Lipinski definition) is 5. The van der Waals surface area contributed by atoms with E-state index in [1.165, 1.54) is 19.3 Å². The lowest BCUT2D eigenvalue weighted by molar-refractivity contribution is 0.360. The van der Waals surface area contributed by atoms with E-state index < -0.39 is 0 Å². The van der Waals surface area contributed by atoms with Gasteiger partial charge in [0, 0.05) is 13.1 Å². The molecular formula is C9H16N4O. The average molecular weight is 196 g/mol. The molecule has 2 rings (SSSR count). The quantitative estimate of drug-likeness (QED) is 0.766. The Morgan fingerprint density at radius 2 is 2.07 bits per heavy atom. The molecule has 1 fully saturated rings. The first kappa shape index (κ1) is 9.45. The molecule has 1 aromatic rings. The Hall–Kier alpha value is -1.10. The van der Waals surface area contributed by atoms with Crippen molar-refractivity contribution in [2.24, 2.45) is 5.73 Å². The zero-order valence-electron chi connectivity index (χ0n) is 8.44. The van der Waals surface area contributed by atoms with Crippen LogP contribution in [0.3, 0.4) is 0 Å². The fourth-order valence-corrected chi connectivity index (χ4v) is 1.63. The second-order valence-electron chi connectivity index (χ2n) is 3.77. The van der Waals surface area contributed by atoms with E-state index in [9.17, 15) is 0 Å². The van der Waals surface area contributed by atoms with Crippen LogP contribution in [0.15, 0.2) is 4.52 Å². The van der Waals surface area contributed by atoms with Crippen molar-refractivity contribution in [1.82, 2.24) is 10.1 Å². The van der Waals surface area contributed by atoms with E-state index in [4.69, 9.17) is 10.3 Å². The summed E-state index contributed by atoms with van der Waals surface area (Å²) in [5.41, 5.74) is 5.64. The van der Waals surface area contributed by atoms with Crippen LogP contribution in [0.4, 0.5) is 5.95 Å². The van der Waals surface area contributed by atoms with E-state index in [0.717, 1.165) is 13.1 Å². The second-order valence-corrected chi connectivity index (χ2v) is 3.77. The first-order chi connectivity index (χ1) is 6.77. The smallest absolute Gasteiger partial charge is 0.266 e. The number of piperidine rings is 1. The maximum atomic E-state index is 5.64. The van der Waals surface area contributed by atoms with Gasteiger partial charge in [0.25, 0.3) is 5.95 Å². The summed E-state index contributed by atoms with van der Waals surface area (Å²) in [4.78, 5) is 6.41. The minimum absolute atomic E-state index is 0.180. The maximum absolute atomic E-state index is 5.64. The van der Waals surface area contributed by atoms with Gasteiger partial charge in [-0.25, -0.2) is 0 Å². The maximum Gasteiger partial charge on any atom is 0.266 e. The van der Waals surface area contributed by atoms with Gasteiger partial charge in [0.05, 0.1) is 6.04 Å². The molecule has 1 saturated heterocycles. The van der Waals surface area contributed by atoms with Crippen molar-refractivity contribution < 1.29 is 4.52 Å². The summed E-state index contributed by atoms with van der Waals surface area (Å²) in [6.07, 6.45) is 3.72. The van der Waals surface area contributed by atoms with E-state index in [1.807, 2.05) is 6.92 Å². The lowest BCUT2D eigenvalue weighted by Gasteiger charge is -2.24. The van der Waals surface area contributed by atoms with Crippen LogP contribution in [0, 0.1) is 0 Å². The second kappa shape index (κ2) is 3.96. The molecule has 5 nitrogen and oxygen atoms in total. The Labute approximate surface area is 83.3 Å². The van der Waals surface area contributed by atoms with Gasteiger partial charge in [-0.1, -0.05) is 0 Å². The van der Waals surface area contributed by atoms with E-state index >= 15 is 0 Å². The normalized spacial score (nSPS) is 19.7. The lowest BCUT2D eigenvalue weighted by atomic mass is 10.1. The Balaban J connectivity index is 2.07. The monoisotopic (exact) mass is 196 g/mol. The van der Waals surface area contributed by atoms with Crippen molar-refractivity contribution in [1.29, 1.82) is 0 Å². The third-order valence-electron chi connectivity index (χ3n) is 2.46. The topological polar surface area (TPSA) is 68.2 Å². The molecule has 1 unspecified atom stereocenters. The van der Waals surface area contributed by atoms with E-state index in [0.29, 0.717) is 11.8 Å². The van der Waals surface area contributed by atoms with Crippen molar-refractivity contribution in [2.45, 2.75) is 32.2 Å². The van der Waals surface area contributed by atoms with Crippen LogP contribution in [-0.2, 0) is 0 Å². The zero-order chi connectivity index (χ0) is 9.97. The summed E-state index contributed by atoms with van der Waals surface area (Å²) < 4.78 is 5.05. The fourth-order valence-electron chi connectivity index (χ4n) is 1.63. The molecule has 0 aliphatic carbocycles. The highest BCUT2D eigenvalue weighted by Crippen LogP contribution is 2.17. The number of anilines is 1. The molecular weight excluding hydrogens is 180 g/mol. The summed E-state index contributed by atoms with van der Waals surface area (Å²) in [6, 6.07) is -0.180. The van der Waals surface area contributed by atoms with Crippen LogP contribution in [0.2, 0.25) is 0 Å². The summed E-state index contributed by atoms with van der Waals surface area (Å²) in [7, 11) is 0. The van der Waals surface area contributed by atoms with Gasteiger partial charge < -0.3 is 15.2 Å². The van der Waals surface area contributed by atoms with E-state index in [-0.39, 0.29) is 6.04 Å². The zero-order valence-corrected chi connectivity index (χ0v) is 8.44. The van der Waals surface area contributed by atoms with Crippen LogP contribution in [0.5, 0.6) is 0 Å². The predicted molar refractivity (Wildman–Crippen MR) is 53.0 cm³/mol. The van der Waals surface area contributed by atoms with Crippen LogP contribution in [0.25, 0.3) is 0 Å².